The van der Waals surface area contributed by atoms with Crippen LogP contribution in [0.1, 0.15) is 94.2 Å². The van der Waals surface area contributed by atoms with Crippen molar-refractivity contribution < 1.29 is 14.3 Å². The second kappa shape index (κ2) is 12.9. The first kappa shape index (κ1) is 29.4. The molecule has 0 saturated heterocycles. The molecule has 43 heavy (non-hydrogen) atoms. The molecule has 0 aliphatic heterocycles. The zero-order valence-electron chi connectivity index (χ0n) is 25.8. The van der Waals surface area contributed by atoms with Crippen LogP contribution in [0.3, 0.4) is 0 Å². The number of carbonyl (C=O) groups excluding carboxylic acids is 2. The quantitative estimate of drug-likeness (QED) is 0.307. The van der Waals surface area contributed by atoms with E-state index in [1.54, 1.807) is 14.0 Å². The Kier molecular flexibility index (Phi) is 8.82. The van der Waals surface area contributed by atoms with Crippen LogP contribution < -0.4 is 15.0 Å². The number of amides is 2. The molecule has 2 heterocycles. The van der Waals surface area contributed by atoms with E-state index in [1.807, 2.05) is 23.4 Å². The summed E-state index contributed by atoms with van der Waals surface area (Å²) >= 11 is 0. The van der Waals surface area contributed by atoms with Gasteiger partial charge in [-0.25, -0.2) is 4.98 Å². The Morgan fingerprint density at radius 3 is 2.42 bits per heavy atom. The molecule has 3 saturated carbocycles. The first-order chi connectivity index (χ1) is 20.9. The van der Waals surface area contributed by atoms with E-state index in [9.17, 15) is 9.59 Å². The highest BCUT2D eigenvalue weighted by Crippen LogP contribution is 2.39. The van der Waals surface area contributed by atoms with Crippen molar-refractivity contribution in [2.45, 2.75) is 96.1 Å². The van der Waals surface area contributed by atoms with Crippen molar-refractivity contribution in [3.63, 3.8) is 0 Å². The number of aromatic nitrogens is 3. The summed E-state index contributed by atoms with van der Waals surface area (Å²) in [5.74, 6) is 2.77. The lowest BCUT2D eigenvalue weighted by atomic mass is 9.78. The van der Waals surface area contributed by atoms with Gasteiger partial charge in [0.15, 0.2) is 0 Å². The van der Waals surface area contributed by atoms with Gasteiger partial charge in [-0.3, -0.25) is 19.2 Å². The molecule has 1 N–H and O–H groups in total. The summed E-state index contributed by atoms with van der Waals surface area (Å²) < 4.78 is 7.53. The van der Waals surface area contributed by atoms with Crippen molar-refractivity contribution in [3.8, 4) is 16.9 Å². The maximum atomic E-state index is 14.2. The molecule has 3 aliphatic carbocycles. The smallest absolute Gasteiger partial charge is 0.231 e. The number of nitrogens with zero attached hydrogens (tertiary/aromatic N) is 4. The molecule has 0 atom stereocenters. The van der Waals surface area contributed by atoms with Crippen LogP contribution in [0.15, 0.2) is 48.9 Å². The second-order valence-electron chi connectivity index (χ2n) is 13.0. The molecule has 1 aromatic carbocycles. The minimum atomic E-state index is -0.0494. The van der Waals surface area contributed by atoms with E-state index in [1.165, 1.54) is 24.0 Å². The molecule has 3 fully saturated rings. The van der Waals surface area contributed by atoms with Crippen LogP contribution in [-0.4, -0.2) is 46.3 Å². The maximum Gasteiger partial charge on any atom is 0.231 e. The lowest BCUT2D eigenvalue weighted by Gasteiger charge is -2.36. The molecule has 0 unspecified atom stereocenters. The van der Waals surface area contributed by atoms with Gasteiger partial charge < -0.3 is 10.1 Å². The SMILES string of the molecule is COc1ccc([C@H]2CC[C@H](CN(c3cc(-c4cnn(C5CC5)c4)ccn3)C(=O)[C@H]3CC[C@H](NC(C)=O)CC3)CC2)cc1C. The van der Waals surface area contributed by atoms with Gasteiger partial charge in [-0.05, 0) is 118 Å². The number of aryl methyl sites for hydroxylation is 1. The molecule has 0 radical (unpaired) electrons. The molecular weight excluding hydrogens is 538 g/mol. The summed E-state index contributed by atoms with van der Waals surface area (Å²) in [6.07, 6.45) is 15.9. The predicted molar refractivity (Wildman–Crippen MR) is 168 cm³/mol. The minimum absolute atomic E-state index is 0.00262. The van der Waals surface area contributed by atoms with Crippen LogP contribution in [0, 0.1) is 18.8 Å². The van der Waals surface area contributed by atoms with E-state index in [2.05, 4.69) is 52.5 Å². The number of hydrogen-bond acceptors (Lipinski definition) is 5. The van der Waals surface area contributed by atoms with Crippen LogP contribution in [-0.2, 0) is 9.59 Å². The Labute approximate surface area is 255 Å². The molecule has 2 amide bonds. The van der Waals surface area contributed by atoms with E-state index >= 15 is 0 Å². The van der Waals surface area contributed by atoms with Crippen LogP contribution in [0.25, 0.3) is 11.1 Å². The van der Waals surface area contributed by atoms with Crippen molar-refractivity contribution in [2.24, 2.45) is 11.8 Å². The summed E-state index contributed by atoms with van der Waals surface area (Å²) in [4.78, 5) is 32.5. The Balaban J connectivity index is 1.18. The number of hydrogen-bond donors (Lipinski definition) is 1. The fraction of sp³-hybridized carbons (Fsp3) is 0.543. The minimum Gasteiger partial charge on any atom is -0.496 e. The number of nitrogens with one attached hydrogen (secondary N) is 1. The average Bonchev–Trinajstić information content (AvgIpc) is 3.76. The highest BCUT2D eigenvalue weighted by atomic mass is 16.5. The number of carbonyl (C=O) groups is 2. The first-order valence-corrected chi connectivity index (χ1v) is 16.1. The topological polar surface area (TPSA) is 89.3 Å². The lowest BCUT2D eigenvalue weighted by Crippen LogP contribution is -2.44. The first-order valence-electron chi connectivity index (χ1n) is 16.1. The lowest BCUT2D eigenvalue weighted by molar-refractivity contribution is -0.123. The van der Waals surface area contributed by atoms with E-state index in [4.69, 9.17) is 9.72 Å². The highest BCUT2D eigenvalue weighted by molar-refractivity contribution is 5.94. The van der Waals surface area contributed by atoms with Gasteiger partial charge in [0.2, 0.25) is 11.8 Å². The zero-order valence-corrected chi connectivity index (χ0v) is 25.8. The van der Waals surface area contributed by atoms with E-state index in [-0.39, 0.29) is 23.8 Å². The van der Waals surface area contributed by atoms with Gasteiger partial charge in [-0.2, -0.15) is 5.10 Å². The molecular formula is C35H45N5O3. The third-order valence-electron chi connectivity index (χ3n) is 9.81. The number of pyridine rings is 1. The molecule has 0 spiro atoms. The van der Waals surface area contributed by atoms with Crippen molar-refractivity contribution in [1.29, 1.82) is 0 Å². The van der Waals surface area contributed by atoms with Gasteiger partial charge in [0.1, 0.15) is 11.6 Å². The molecule has 2 aromatic heterocycles. The van der Waals surface area contributed by atoms with Crippen molar-refractivity contribution in [1.82, 2.24) is 20.1 Å². The number of anilines is 1. The summed E-state index contributed by atoms with van der Waals surface area (Å²) in [5.41, 5.74) is 4.68. The summed E-state index contributed by atoms with van der Waals surface area (Å²) in [6, 6.07) is 11.4. The molecule has 8 heteroatoms. The monoisotopic (exact) mass is 583 g/mol. The van der Waals surface area contributed by atoms with Crippen LogP contribution in [0.5, 0.6) is 5.75 Å². The van der Waals surface area contributed by atoms with Crippen molar-refractivity contribution in [3.05, 3.63) is 60.0 Å². The fourth-order valence-corrected chi connectivity index (χ4v) is 7.15. The van der Waals surface area contributed by atoms with Crippen molar-refractivity contribution in [2.75, 3.05) is 18.6 Å². The largest absolute Gasteiger partial charge is 0.496 e. The van der Waals surface area contributed by atoms with Gasteiger partial charge in [-0.15, -0.1) is 0 Å². The zero-order chi connectivity index (χ0) is 29.9. The number of benzene rings is 1. The van der Waals surface area contributed by atoms with E-state index in [0.717, 1.165) is 74.1 Å². The molecule has 0 bridgehead atoms. The number of methoxy groups -OCH3 is 1. The van der Waals surface area contributed by atoms with Crippen LogP contribution >= 0.6 is 0 Å². The fourth-order valence-electron chi connectivity index (χ4n) is 7.15. The Morgan fingerprint density at radius 2 is 1.74 bits per heavy atom. The van der Waals surface area contributed by atoms with E-state index in [0.29, 0.717) is 24.4 Å². The van der Waals surface area contributed by atoms with Gasteiger partial charge in [0, 0.05) is 43.4 Å². The maximum absolute atomic E-state index is 14.2. The normalized spacial score (nSPS) is 23.9. The summed E-state index contributed by atoms with van der Waals surface area (Å²) in [7, 11) is 1.72. The summed E-state index contributed by atoms with van der Waals surface area (Å²) in [5, 5.41) is 7.63. The van der Waals surface area contributed by atoms with Crippen LogP contribution in [0.4, 0.5) is 5.82 Å². The third kappa shape index (κ3) is 6.94. The van der Waals surface area contributed by atoms with Crippen molar-refractivity contribution >= 4 is 17.6 Å². The van der Waals surface area contributed by atoms with Gasteiger partial charge in [0.25, 0.3) is 0 Å². The highest BCUT2D eigenvalue weighted by Gasteiger charge is 2.33. The Morgan fingerprint density at radius 1 is 0.977 bits per heavy atom. The van der Waals surface area contributed by atoms with Crippen LogP contribution in [0.2, 0.25) is 0 Å². The summed E-state index contributed by atoms with van der Waals surface area (Å²) in [6.45, 7) is 4.37. The van der Waals surface area contributed by atoms with E-state index < -0.39 is 0 Å². The standard InChI is InChI=1S/C35H45N5O3/c1-23-18-28(10-15-33(23)43-3)26-6-4-25(5-7-26)21-39(35(42)27-8-11-31(12-9-27)38-24(2)41)34-19-29(16-17-36-34)30-20-37-40(22-30)32-13-14-32/h10,15-20,22,25-27,31-32H,4-9,11-14,21H2,1-3H3,(H,38,41)/t25-,26-,27-,31-. The number of ether oxygens (including phenoxy) is 1. The van der Waals surface area contributed by atoms with Gasteiger partial charge in [-0.1, -0.05) is 12.1 Å². The molecule has 3 aliphatic rings. The molecule has 3 aromatic rings. The Bertz CT molecular complexity index is 1430. The predicted octanol–water partition coefficient (Wildman–Crippen LogP) is 6.60. The van der Waals surface area contributed by atoms with Gasteiger partial charge in [0.05, 0.1) is 19.3 Å². The van der Waals surface area contributed by atoms with Gasteiger partial charge >= 0.3 is 0 Å². The molecule has 8 nitrogen and oxygen atoms in total. The molecule has 6 rings (SSSR count). The number of rotatable bonds is 9. The third-order valence-corrected chi connectivity index (χ3v) is 9.81. The molecule has 228 valence electrons. The average molecular weight is 584 g/mol. The Hall–Kier alpha value is -3.68. The second-order valence-corrected chi connectivity index (χ2v) is 13.0.